The van der Waals surface area contributed by atoms with Crippen LogP contribution in [0.25, 0.3) is 22.7 Å². The number of halogens is 1. The third kappa shape index (κ3) is 4.05. The second-order valence-electron chi connectivity index (χ2n) is 8.15. The van der Waals surface area contributed by atoms with Gasteiger partial charge in [0.15, 0.2) is 17.5 Å². The van der Waals surface area contributed by atoms with E-state index < -0.39 is 17.5 Å². The Morgan fingerprint density at radius 1 is 1.15 bits per heavy atom. The molecule has 3 heterocycles. The monoisotopic (exact) mass is 483 g/mol. The van der Waals surface area contributed by atoms with Crippen molar-refractivity contribution in [3.05, 3.63) is 67.4 Å². The lowest BCUT2D eigenvalue weighted by Crippen LogP contribution is -2.40. The maximum absolute atomic E-state index is 13.0. The number of primary amides is 1. The number of carbonyl (C=O) groups is 1. The number of aromatic amines is 1. The molecule has 0 bridgehead atoms. The van der Waals surface area contributed by atoms with Crippen LogP contribution in [0.3, 0.4) is 0 Å². The molecule has 1 aromatic carbocycles. The zero-order valence-electron chi connectivity index (χ0n) is 19.2. The van der Waals surface area contributed by atoms with Crippen molar-refractivity contribution in [2.24, 2.45) is 5.73 Å². The van der Waals surface area contributed by atoms with Crippen LogP contribution < -0.4 is 17.0 Å². The molecule has 0 saturated carbocycles. The van der Waals surface area contributed by atoms with Crippen molar-refractivity contribution in [3.63, 3.8) is 0 Å². The number of hydrogen-bond donors (Lipinski definition) is 2. The molecule has 0 aliphatic rings. The molecule has 3 N–H and O–H groups in total. The number of nitrogens with one attached hydrogen (secondary N) is 1. The molecule has 10 nitrogen and oxygen atoms in total. The Bertz CT molecular complexity index is 1490. The van der Waals surface area contributed by atoms with E-state index in [1.807, 2.05) is 13.8 Å². The number of aryl methyl sites for hydroxylation is 2. The second kappa shape index (κ2) is 9.30. The molecule has 0 fully saturated rings. The summed E-state index contributed by atoms with van der Waals surface area (Å²) in [7, 11) is 0. The normalized spacial score (nSPS) is 12.4. The molecule has 1 atom stereocenters. The molecule has 1 amide bonds. The van der Waals surface area contributed by atoms with Crippen molar-refractivity contribution in [1.82, 2.24) is 28.9 Å². The van der Waals surface area contributed by atoms with Crippen LogP contribution in [0.15, 0.2) is 39.9 Å². The molecule has 0 aliphatic heterocycles. The Hall–Kier alpha value is -3.66. The Balaban J connectivity index is 1.88. The minimum Gasteiger partial charge on any atom is -0.368 e. The number of H-pyrrole nitrogens is 1. The first kappa shape index (κ1) is 23.5. The minimum atomic E-state index is -0.878. The average Bonchev–Trinajstić information content (AvgIpc) is 3.39. The number of hydrogen-bond acceptors (Lipinski definition) is 5. The number of fused-ring (bicyclic) bond motifs is 1. The summed E-state index contributed by atoms with van der Waals surface area (Å²) in [5, 5.41) is 5.05. The van der Waals surface area contributed by atoms with E-state index in [9.17, 15) is 14.4 Å². The van der Waals surface area contributed by atoms with E-state index in [1.165, 1.54) is 13.8 Å². The summed E-state index contributed by atoms with van der Waals surface area (Å²) in [6, 6.07) is 7.73. The maximum atomic E-state index is 13.0. The number of carbonyl (C=O) groups excluding carboxylic acids is 1. The largest absolute Gasteiger partial charge is 0.368 e. The third-order valence-electron chi connectivity index (χ3n) is 5.60. The fourth-order valence-corrected chi connectivity index (χ4v) is 4.30. The van der Waals surface area contributed by atoms with Gasteiger partial charge in [-0.3, -0.25) is 23.4 Å². The van der Waals surface area contributed by atoms with Gasteiger partial charge in [0.2, 0.25) is 5.91 Å². The van der Waals surface area contributed by atoms with Crippen molar-refractivity contribution in [2.45, 2.75) is 52.7 Å². The number of nitrogens with zero attached hydrogens (tertiary/aromatic N) is 5. The summed E-state index contributed by atoms with van der Waals surface area (Å²) >= 11 is 6.11. The maximum Gasteiger partial charge on any atom is 0.332 e. The van der Waals surface area contributed by atoms with Crippen LogP contribution in [0.4, 0.5) is 0 Å². The highest BCUT2D eigenvalue weighted by atomic mass is 35.5. The number of rotatable bonds is 8. The fraction of sp³-hybridized carbons (Fsp3) is 0.348. The highest BCUT2D eigenvalue weighted by Crippen LogP contribution is 2.26. The summed E-state index contributed by atoms with van der Waals surface area (Å²) in [6.45, 7) is 6.39. The van der Waals surface area contributed by atoms with Gasteiger partial charge in [0.1, 0.15) is 11.2 Å². The van der Waals surface area contributed by atoms with E-state index >= 15 is 0 Å². The number of aromatic nitrogens is 6. The van der Waals surface area contributed by atoms with Crippen molar-refractivity contribution in [3.8, 4) is 11.5 Å². The van der Waals surface area contributed by atoms with Crippen molar-refractivity contribution in [2.75, 3.05) is 0 Å². The van der Waals surface area contributed by atoms with E-state index in [0.717, 1.165) is 0 Å². The topological polar surface area (TPSA) is 134 Å². The fourth-order valence-electron chi connectivity index (χ4n) is 4.10. The number of nitrogens with two attached hydrogens (primary N) is 1. The van der Waals surface area contributed by atoms with E-state index in [1.54, 1.807) is 37.3 Å². The summed E-state index contributed by atoms with van der Waals surface area (Å²) in [6.07, 6.45) is 1.35. The molecular formula is C23H26ClN7O3. The van der Waals surface area contributed by atoms with Crippen molar-refractivity contribution >= 4 is 28.7 Å². The molecule has 0 saturated heterocycles. The van der Waals surface area contributed by atoms with Crippen LogP contribution in [0, 0.1) is 6.92 Å². The summed E-state index contributed by atoms with van der Waals surface area (Å²) < 4.78 is 4.24. The number of amides is 1. The third-order valence-corrected chi connectivity index (χ3v) is 5.83. The molecule has 11 heteroatoms. The SMILES string of the molecule is CCCn1c(=O)c2[nH]c(-c3cc(C)n(C(C(N)=O)c4cccc(Cl)c4)n3)nc2n(CCC)c1=O. The molecule has 4 rings (SSSR count). The zero-order valence-corrected chi connectivity index (χ0v) is 20.0. The van der Waals surface area contributed by atoms with Crippen LogP contribution in [0.5, 0.6) is 0 Å². The molecule has 0 aliphatic carbocycles. The van der Waals surface area contributed by atoms with E-state index in [0.29, 0.717) is 53.7 Å². The van der Waals surface area contributed by atoms with Gasteiger partial charge in [-0.15, -0.1) is 0 Å². The van der Waals surface area contributed by atoms with Gasteiger partial charge in [-0.1, -0.05) is 37.6 Å². The van der Waals surface area contributed by atoms with E-state index in [4.69, 9.17) is 17.3 Å². The molecule has 0 radical (unpaired) electrons. The molecule has 178 valence electrons. The van der Waals surface area contributed by atoms with Crippen LogP contribution in [-0.4, -0.2) is 34.8 Å². The highest BCUT2D eigenvalue weighted by molar-refractivity contribution is 6.30. The van der Waals surface area contributed by atoms with Crippen LogP contribution in [0.2, 0.25) is 5.02 Å². The molecule has 1 unspecified atom stereocenters. The lowest BCUT2D eigenvalue weighted by Gasteiger charge is -2.16. The number of imidazole rings is 1. The Morgan fingerprint density at radius 3 is 2.50 bits per heavy atom. The van der Waals surface area contributed by atoms with Crippen molar-refractivity contribution in [1.29, 1.82) is 0 Å². The lowest BCUT2D eigenvalue weighted by atomic mass is 10.1. The van der Waals surface area contributed by atoms with Gasteiger partial charge in [-0.2, -0.15) is 5.10 Å². The first-order valence-electron chi connectivity index (χ1n) is 11.1. The van der Waals surface area contributed by atoms with E-state index in [-0.39, 0.29) is 16.9 Å². The first-order chi connectivity index (χ1) is 16.3. The minimum absolute atomic E-state index is 0.241. The predicted molar refractivity (Wildman–Crippen MR) is 130 cm³/mol. The molecule has 4 aromatic rings. The van der Waals surface area contributed by atoms with Gasteiger partial charge in [-0.05, 0) is 43.5 Å². The zero-order chi connectivity index (χ0) is 24.6. The lowest BCUT2D eigenvalue weighted by molar-refractivity contribution is -0.120. The second-order valence-corrected chi connectivity index (χ2v) is 8.59. The molecule has 3 aromatic heterocycles. The molecule has 0 spiro atoms. The summed E-state index contributed by atoms with van der Waals surface area (Å²) in [4.78, 5) is 45.9. The van der Waals surface area contributed by atoms with Gasteiger partial charge in [0.25, 0.3) is 5.56 Å². The van der Waals surface area contributed by atoms with Crippen LogP contribution >= 0.6 is 11.6 Å². The Labute approximate surface area is 200 Å². The van der Waals surface area contributed by atoms with Gasteiger partial charge >= 0.3 is 5.69 Å². The van der Waals surface area contributed by atoms with E-state index in [2.05, 4.69) is 15.1 Å². The molecule has 34 heavy (non-hydrogen) atoms. The van der Waals surface area contributed by atoms with Crippen LogP contribution in [-0.2, 0) is 17.9 Å². The summed E-state index contributed by atoms with van der Waals surface area (Å²) in [5.74, 6) is -0.273. The molecular weight excluding hydrogens is 458 g/mol. The number of benzene rings is 1. The Morgan fingerprint density at radius 2 is 1.85 bits per heavy atom. The quantitative estimate of drug-likeness (QED) is 0.397. The standard InChI is InChI=1S/C23H26ClN7O3/c1-4-9-29-21-17(22(33)30(10-5-2)23(29)34)26-20(27-21)16-11-13(3)31(28-16)18(19(25)32)14-7-6-8-15(24)12-14/h6-8,11-12,18H,4-5,9-10H2,1-3H3,(H2,25,32)(H,26,27). The van der Waals surface area contributed by atoms with Gasteiger partial charge in [0, 0.05) is 23.8 Å². The first-order valence-corrected chi connectivity index (χ1v) is 11.5. The highest BCUT2D eigenvalue weighted by Gasteiger charge is 2.25. The van der Waals surface area contributed by atoms with Gasteiger partial charge < -0.3 is 10.7 Å². The van der Waals surface area contributed by atoms with Gasteiger partial charge in [0.05, 0.1) is 0 Å². The average molecular weight is 484 g/mol. The smallest absolute Gasteiger partial charge is 0.332 e. The van der Waals surface area contributed by atoms with Crippen LogP contribution in [0.1, 0.15) is 44.0 Å². The Kier molecular flexibility index (Phi) is 6.43. The summed E-state index contributed by atoms with van der Waals surface area (Å²) in [5.41, 5.74) is 7.12. The predicted octanol–water partition coefficient (Wildman–Crippen LogP) is 2.61. The van der Waals surface area contributed by atoms with Crippen molar-refractivity contribution < 1.29 is 4.79 Å². The van der Waals surface area contributed by atoms with Gasteiger partial charge in [-0.25, -0.2) is 9.78 Å².